The lowest BCUT2D eigenvalue weighted by Gasteiger charge is -2.24. The summed E-state index contributed by atoms with van der Waals surface area (Å²) in [4.78, 5) is 46.4. The molecule has 42 heavy (non-hydrogen) atoms. The van der Waals surface area contributed by atoms with Crippen LogP contribution in [0.5, 0.6) is 11.5 Å². The molecule has 1 saturated heterocycles. The Balaban J connectivity index is 1.09. The number of fused-ring (bicyclic) bond motifs is 3. The molecule has 0 spiro atoms. The molecular weight excluding hydrogens is 586 g/mol. The van der Waals surface area contributed by atoms with Crippen LogP contribution in [-0.2, 0) is 20.9 Å². The second kappa shape index (κ2) is 12.0. The van der Waals surface area contributed by atoms with Gasteiger partial charge < -0.3 is 25.0 Å². The average Bonchev–Trinajstić information content (AvgIpc) is 3.63. The van der Waals surface area contributed by atoms with E-state index in [9.17, 15) is 23.2 Å². The number of hydrogen-bond donors (Lipinski definition) is 2. The zero-order chi connectivity index (χ0) is 29.2. The fourth-order valence-corrected chi connectivity index (χ4v) is 6.50. The van der Waals surface area contributed by atoms with E-state index in [1.165, 1.54) is 28.0 Å². The third-order valence-electron chi connectivity index (χ3n) is 6.94. The molecule has 2 atom stereocenters. The number of nitrogens with zero attached hydrogens (tertiary/aromatic N) is 2. The maximum atomic E-state index is 13.1. The zero-order valence-electron chi connectivity index (χ0n) is 21.9. The first-order valence-electron chi connectivity index (χ1n) is 13.0. The molecule has 0 radical (unpaired) electrons. The van der Waals surface area contributed by atoms with Crippen LogP contribution in [0.15, 0.2) is 76.0 Å². The Morgan fingerprint density at radius 3 is 2.74 bits per heavy atom. The first kappa shape index (κ1) is 28.1. The van der Waals surface area contributed by atoms with Crippen LogP contribution in [0.1, 0.15) is 22.3 Å². The third-order valence-corrected chi connectivity index (χ3v) is 8.86. The molecule has 1 aromatic heterocycles. The molecule has 3 amide bonds. The van der Waals surface area contributed by atoms with Gasteiger partial charge in [-0.1, -0.05) is 30.0 Å². The van der Waals surface area contributed by atoms with Crippen LogP contribution in [0.4, 0.5) is 8.78 Å². The summed E-state index contributed by atoms with van der Waals surface area (Å²) in [6.45, 7) is -3.51. The standard InChI is InChI=1S/C29H24F2N4O5S2/c30-29(31)39-18-11-20(28(38)32-12-16-5-7-23-19(9-16)34-15-41-23)35(14-18)26(36)13-33-27(37)17-6-8-25-22(10-17)40-21-3-1-2-4-24(21)42-25/h1-10,15,18,20,29H,11-14H2,(H,32,38)(H,33,37)/t18-,20+/m1/s1. The number of hydrogen-bond acceptors (Lipinski definition) is 8. The number of halogens is 2. The predicted molar refractivity (Wildman–Crippen MR) is 152 cm³/mol. The molecule has 216 valence electrons. The van der Waals surface area contributed by atoms with Crippen molar-refractivity contribution in [3.8, 4) is 11.5 Å². The van der Waals surface area contributed by atoms with E-state index in [1.807, 2.05) is 42.5 Å². The van der Waals surface area contributed by atoms with E-state index in [-0.39, 0.29) is 25.1 Å². The summed E-state index contributed by atoms with van der Waals surface area (Å²) < 4.78 is 37.5. The van der Waals surface area contributed by atoms with Gasteiger partial charge in [0.25, 0.3) is 5.91 Å². The number of rotatable bonds is 8. The summed E-state index contributed by atoms with van der Waals surface area (Å²) in [5.41, 5.74) is 3.63. The summed E-state index contributed by atoms with van der Waals surface area (Å²) >= 11 is 3.03. The van der Waals surface area contributed by atoms with E-state index in [1.54, 1.807) is 23.7 Å². The van der Waals surface area contributed by atoms with Crippen molar-refractivity contribution < 1.29 is 32.6 Å². The van der Waals surface area contributed by atoms with Gasteiger partial charge in [0.15, 0.2) is 0 Å². The van der Waals surface area contributed by atoms with E-state index in [0.717, 1.165) is 25.6 Å². The van der Waals surface area contributed by atoms with E-state index >= 15 is 0 Å². The maximum Gasteiger partial charge on any atom is 0.345 e. The minimum absolute atomic E-state index is 0.0950. The molecule has 2 N–H and O–H groups in total. The molecule has 9 nitrogen and oxygen atoms in total. The van der Waals surface area contributed by atoms with Crippen molar-refractivity contribution in [3.63, 3.8) is 0 Å². The molecule has 3 aromatic carbocycles. The van der Waals surface area contributed by atoms with Gasteiger partial charge in [-0.15, -0.1) is 11.3 Å². The van der Waals surface area contributed by atoms with E-state index < -0.39 is 43.0 Å². The van der Waals surface area contributed by atoms with Crippen molar-refractivity contribution in [3.05, 3.63) is 77.3 Å². The Bertz CT molecular complexity index is 1670. The molecule has 0 aliphatic carbocycles. The minimum atomic E-state index is -3.05. The van der Waals surface area contributed by atoms with Gasteiger partial charge in [0.2, 0.25) is 11.8 Å². The van der Waals surface area contributed by atoms with Gasteiger partial charge in [-0.25, -0.2) is 4.98 Å². The predicted octanol–water partition coefficient (Wildman–Crippen LogP) is 4.81. The second-order valence-electron chi connectivity index (χ2n) is 9.68. The van der Waals surface area contributed by atoms with Gasteiger partial charge in [0.1, 0.15) is 17.5 Å². The van der Waals surface area contributed by atoms with Crippen molar-refractivity contribution in [2.45, 2.75) is 41.5 Å². The summed E-state index contributed by atoms with van der Waals surface area (Å²) in [5.74, 6) is -0.402. The highest BCUT2D eigenvalue weighted by atomic mass is 32.2. The number of nitrogens with one attached hydrogen (secondary N) is 2. The third kappa shape index (κ3) is 6.08. The Morgan fingerprint density at radius 1 is 1.05 bits per heavy atom. The smallest absolute Gasteiger partial charge is 0.345 e. The van der Waals surface area contributed by atoms with Crippen molar-refractivity contribution in [1.82, 2.24) is 20.5 Å². The molecular formula is C29H24F2N4O5S2. The normalized spacial score (nSPS) is 17.5. The number of amides is 3. The fourth-order valence-electron chi connectivity index (χ4n) is 4.91. The van der Waals surface area contributed by atoms with Crippen LogP contribution < -0.4 is 15.4 Å². The summed E-state index contributed by atoms with van der Waals surface area (Å²) in [7, 11) is 0. The molecule has 0 bridgehead atoms. The number of carbonyl (C=O) groups is 3. The molecule has 3 heterocycles. The number of likely N-dealkylation sites (tertiary alicyclic amines) is 1. The largest absolute Gasteiger partial charge is 0.455 e. The summed E-state index contributed by atoms with van der Waals surface area (Å²) in [5, 5.41) is 5.35. The van der Waals surface area contributed by atoms with E-state index in [2.05, 4.69) is 20.4 Å². The minimum Gasteiger partial charge on any atom is -0.455 e. The highest BCUT2D eigenvalue weighted by molar-refractivity contribution is 7.99. The quantitative estimate of drug-likeness (QED) is 0.260. The highest BCUT2D eigenvalue weighted by Gasteiger charge is 2.41. The van der Waals surface area contributed by atoms with Crippen LogP contribution in [0, 0.1) is 0 Å². The van der Waals surface area contributed by atoms with E-state index in [0.29, 0.717) is 11.5 Å². The van der Waals surface area contributed by atoms with Crippen molar-refractivity contribution in [1.29, 1.82) is 0 Å². The Hall–Kier alpha value is -4.07. The summed E-state index contributed by atoms with van der Waals surface area (Å²) in [6.07, 6.45) is -1.12. The Morgan fingerprint density at radius 2 is 1.88 bits per heavy atom. The molecule has 0 saturated carbocycles. The molecule has 2 aliphatic rings. The average molecular weight is 611 g/mol. The van der Waals surface area contributed by atoms with Crippen LogP contribution in [0.2, 0.25) is 0 Å². The van der Waals surface area contributed by atoms with Gasteiger partial charge in [-0.05, 0) is 48.0 Å². The SMILES string of the molecule is O=C(NCC(=O)N1C[C@H](OC(F)F)C[C@H]1C(=O)NCc1ccc2scnc2c1)c1ccc2c(c1)Oc1ccccc1S2. The topological polar surface area (TPSA) is 110 Å². The first-order valence-corrected chi connectivity index (χ1v) is 14.7. The number of alkyl halides is 2. The zero-order valence-corrected chi connectivity index (χ0v) is 23.6. The first-order chi connectivity index (χ1) is 20.3. The van der Waals surface area contributed by atoms with Gasteiger partial charge in [-0.3, -0.25) is 14.4 Å². The van der Waals surface area contributed by atoms with Crippen LogP contribution in [0.3, 0.4) is 0 Å². The summed E-state index contributed by atoms with van der Waals surface area (Å²) in [6, 6.07) is 17.1. The van der Waals surface area contributed by atoms with Crippen molar-refractivity contribution >= 4 is 51.0 Å². The van der Waals surface area contributed by atoms with Gasteiger partial charge >= 0.3 is 6.61 Å². The number of carbonyl (C=O) groups excluding carboxylic acids is 3. The second-order valence-corrected chi connectivity index (χ2v) is 11.7. The molecule has 6 rings (SSSR count). The monoisotopic (exact) mass is 610 g/mol. The molecule has 0 unspecified atom stereocenters. The maximum absolute atomic E-state index is 13.1. The van der Waals surface area contributed by atoms with Gasteiger partial charge in [0.05, 0.1) is 38.2 Å². The Kier molecular flexibility index (Phi) is 8.05. The van der Waals surface area contributed by atoms with Crippen LogP contribution in [0.25, 0.3) is 10.2 Å². The van der Waals surface area contributed by atoms with E-state index in [4.69, 9.17) is 4.74 Å². The lowest BCUT2D eigenvalue weighted by Crippen LogP contribution is -2.48. The Labute approximate surface area is 247 Å². The van der Waals surface area contributed by atoms with Crippen LogP contribution >= 0.6 is 23.1 Å². The molecule has 4 aromatic rings. The molecule has 2 aliphatic heterocycles. The molecule has 1 fully saturated rings. The number of para-hydroxylation sites is 1. The van der Waals surface area contributed by atoms with Gasteiger partial charge in [0, 0.05) is 25.1 Å². The number of benzene rings is 3. The lowest BCUT2D eigenvalue weighted by molar-refractivity contribution is -0.160. The molecule has 13 heteroatoms. The van der Waals surface area contributed by atoms with Crippen molar-refractivity contribution in [2.24, 2.45) is 0 Å². The number of ether oxygens (including phenoxy) is 2. The van der Waals surface area contributed by atoms with Gasteiger partial charge in [-0.2, -0.15) is 8.78 Å². The van der Waals surface area contributed by atoms with Crippen molar-refractivity contribution in [2.75, 3.05) is 13.1 Å². The lowest BCUT2D eigenvalue weighted by atomic mass is 10.1. The number of thiazole rings is 1. The fraction of sp³-hybridized carbons (Fsp3) is 0.241. The highest BCUT2D eigenvalue weighted by Crippen LogP contribution is 2.46. The van der Waals surface area contributed by atoms with Crippen LogP contribution in [-0.4, -0.2) is 59.5 Å². The number of aromatic nitrogens is 1.